The van der Waals surface area contributed by atoms with Crippen molar-refractivity contribution in [3.63, 3.8) is 0 Å². The third kappa shape index (κ3) is 0.940. The Morgan fingerprint density at radius 2 is 1.93 bits per heavy atom. The van der Waals surface area contributed by atoms with E-state index in [0.717, 1.165) is 5.52 Å². The van der Waals surface area contributed by atoms with E-state index in [0.29, 0.717) is 0 Å². The van der Waals surface area contributed by atoms with Gasteiger partial charge in [-0.3, -0.25) is 4.98 Å². The van der Waals surface area contributed by atoms with Crippen LogP contribution in [-0.2, 0) is 7.05 Å². The molecule has 0 saturated carbocycles. The lowest BCUT2D eigenvalue weighted by atomic mass is 10.1. The Morgan fingerprint density at radius 3 is 2.86 bits per heavy atom. The van der Waals surface area contributed by atoms with Gasteiger partial charge in [-0.15, -0.1) is 0 Å². The number of rotatable bonds is 0. The number of nitrogens with zero attached hydrogens (tertiary/aromatic N) is 2. The number of hydrogen-bond donors (Lipinski definition) is 0. The predicted molar refractivity (Wildman–Crippen MR) is 58.2 cm³/mol. The predicted octanol–water partition coefficient (Wildman–Crippen LogP) is 2.73. The van der Waals surface area contributed by atoms with Crippen LogP contribution in [0.1, 0.15) is 0 Å². The Bertz CT molecular complexity index is 608. The Balaban J connectivity index is 2.60. The largest absolute Gasteiger partial charge is 0.356 e. The molecule has 2 heteroatoms. The average Bonchev–Trinajstić information content (AvgIpc) is 2.59. The SMILES string of the molecule is Cn1cc2cnc3ccccc3c2c1. The maximum absolute atomic E-state index is 4.41. The van der Waals surface area contributed by atoms with Gasteiger partial charge >= 0.3 is 0 Å². The zero-order valence-electron chi connectivity index (χ0n) is 7.94. The van der Waals surface area contributed by atoms with Crippen molar-refractivity contribution in [1.82, 2.24) is 9.55 Å². The summed E-state index contributed by atoms with van der Waals surface area (Å²) < 4.78 is 2.07. The fourth-order valence-electron chi connectivity index (χ4n) is 1.89. The van der Waals surface area contributed by atoms with Crippen LogP contribution in [0.3, 0.4) is 0 Å². The summed E-state index contributed by atoms with van der Waals surface area (Å²) in [5.74, 6) is 0. The molecule has 68 valence electrons. The molecule has 2 nitrogen and oxygen atoms in total. The lowest BCUT2D eigenvalue weighted by Gasteiger charge is -1.96. The Hall–Kier alpha value is -1.83. The Kier molecular flexibility index (Phi) is 1.39. The van der Waals surface area contributed by atoms with E-state index in [9.17, 15) is 0 Å². The van der Waals surface area contributed by atoms with E-state index in [2.05, 4.69) is 34.1 Å². The Labute approximate surface area is 81.8 Å². The quantitative estimate of drug-likeness (QED) is 0.522. The summed E-state index contributed by atoms with van der Waals surface area (Å²) in [5, 5.41) is 3.70. The molecule has 0 N–H and O–H groups in total. The molecule has 0 fully saturated rings. The molecular weight excluding hydrogens is 172 g/mol. The maximum atomic E-state index is 4.41. The van der Waals surface area contributed by atoms with Crippen molar-refractivity contribution < 1.29 is 0 Å². The van der Waals surface area contributed by atoms with Gasteiger partial charge in [-0.05, 0) is 6.07 Å². The molecule has 3 aromatic rings. The van der Waals surface area contributed by atoms with Crippen molar-refractivity contribution in [3.8, 4) is 0 Å². The number of hydrogen-bond acceptors (Lipinski definition) is 1. The molecule has 0 saturated heterocycles. The first-order valence-corrected chi connectivity index (χ1v) is 4.64. The highest BCUT2D eigenvalue weighted by molar-refractivity contribution is 6.05. The summed E-state index contributed by atoms with van der Waals surface area (Å²) in [4.78, 5) is 4.41. The van der Waals surface area contributed by atoms with Crippen LogP contribution < -0.4 is 0 Å². The van der Waals surface area contributed by atoms with Crippen molar-refractivity contribution in [2.24, 2.45) is 7.05 Å². The van der Waals surface area contributed by atoms with Crippen LogP contribution in [0, 0.1) is 0 Å². The molecule has 0 amide bonds. The van der Waals surface area contributed by atoms with Crippen LogP contribution in [0.25, 0.3) is 21.7 Å². The van der Waals surface area contributed by atoms with Gasteiger partial charge in [0.25, 0.3) is 0 Å². The normalized spacial score (nSPS) is 11.2. The van der Waals surface area contributed by atoms with Crippen LogP contribution in [0.2, 0.25) is 0 Å². The van der Waals surface area contributed by atoms with Gasteiger partial charge in [0.1, 0.15) is 0 Å². The van der Waals surface area contributed by atoms with Gasteiger partial charge in [0.15, 0.2) is 0 Å². The summed E-state index contributed by atoms with van der Waals surface area (Å²) in [7, 11) is 2.04. The fraction of sp³-hybridized carbons (Fsp3) is 0.0833. The lowest BCUT2D eigenvalue weighted by Crippen LogP contribution is -1.77. The van der Waals surface area contributed by atoms with Crippen molar-refractivity contribution in [1.29, 1.82) is 0 Å². The fourth-order valence-corrected chi connectivity index (χ4v) is 1.89. The van der Waals surface area contributed by atoms with Gasteiger partial charge in [-0.2, -0.15) is 0 Å². The molecule has 0 atom stereocenters. The maximum Gasteiger partial charge on any atom is 0.0709 e. The third-order valence-corrected chi connectivity index (χ3v) is 2.52. The monoisotopic (exact) mass is 182 g/mol. The smallest absolute Gasteiger partial charge is 0.0709 e. The van der Waals surface area contributed by atoms with Crippen LogP contribution in [0.15, 0.2) is 42.9 Å². The summed E-state index contributed by atoms with van der Waals surface area (Å²) in [6.45, 7) is 0. The van der Waals surface area contributed by atoms with Gasteiger partial charge in [0.2, 0.25) is 0 Å². The highest BCUT2D eigenvalue weighted by Gasteiger charge is 2.01. The molecule has 0 aliphatic heterocycles. The zero-order chi connectivity index (χ0) is 9.54. The molecule has 2 aromatic heterocycles. The van der Waals surface area contributed by atoms with E-state index >= 15 is 0 Å². The van der Waals surface area contributed by atoms with E-state index in [1.807, 2.05) is 25.4 Å². The number of benzene rings is 1. The second kappa shape index (κ2) is 2.58. The first kappa shape index (κ1) is 7.56. The molecule has 0 aliphatic rings. The minimum atomic E-state index is 1.06. The molecule has 1 aromatic carbocycles. The average molecular weight is 182 g/mol. The number of fused-ring (bicyclic) bond motifs is 3. The van der Waals surface area contributed by atoms with Crippen molar-refractivity contribution in [2.75, 3.05) is 0 Å². The zero-order valence-corrected chi connectivity index (χ0v) is 7.94. The van der Waals surface area contributed by atoms with Crippen molar-refractivity contribution >= 4 is 21.7 Å². The molecule has 0 radical (unpaired) electrons. The summed E-state index contributed by atoms with van der Waals surface area (Å²) >= 11 is 0. The third-order valence-electron chi connectivity index (χ3n) is 2.52. The van der Waals surface area contributed by atoms with Crippen molar-refractivity contribution in [3.05, 3.63) is 42.9 Å². The topological polar surface area (TPSA) is 17.8 Å². The van der Waals surface area contributed by atoms with Gasteiger partial charge < -0.3 is 4.57 Å². The highest BCUT2D eigenvalue weighted by Crippen LogP contribution is 2.23. The first-order chi connectivity index (χ1) is 6.84. The summed E-state index contributed by atoms with van der Waals surface area (Å²) in [6.07, 6.45) is 6.16. The standard InChI is InChI=1S/C12H10N2/c1-14-7-9-6-13-12-5-3-2-4-10(12)11(9)8-14/h2-8H,1H3. The van der Waals surface area contributed by atoms with Crippen LogP contribution in [0.4, 0.5) is 0 Å². The number of para-hydroxylation sites is 1. The van der Waals surface area contributed by atoms with Crippen LogP contribution >= 0.6 is 0 Å². The highest BCUT2D eigenvalue weighted by atomic mass is 14.9. The number of aryl methyl sites for hydroxylation is 1. The Morgan fingerprint density at radius 1 is 1.07 bits per heavy atom. The molecule has 0 unspecified atom stereocenters. The second-order valence-electron chi connectivity index (χ2n) is 3.57. The van der Waals surface area contributed by atoms with Gasteiger partial charge in [-0.1, -0.05) is 18.2 Å². The van der Waals surface area contributed by atoms with E-state index in [-0.39, 0.29) is 0 Å². The molecule has 0 bridgehead atoms. The van der Waals surface area contributed by atoms with Crippen LogP contribution in [-0.4, -0.2) is 9.55 Å². The molecule has 0 spiro atoms. The summed E-state index contributed by atoms with van der Waals surface area (Å²) in [6, 6.07) is 8.23. The van der Waals surface area contributed by atoms with Crippen LogP contribution in [0.5, 0.6) is 0 Å². The van der Waals surface area contributed by atoms with Crippen molar-refractivity contribution in [2.45, 2.75) is 0 Å². The minimum Gasteiger partial charge on any atom is -0.356 e. The van der Waals surface area contributed by atoms with Gasteiger partial charge in [0.05, 0.1) is 5.52 Å². The van der Waals surface area contributed by atoms with E-state index < -0.39 is 0 Å². The second-order valence-corrected chi connectivity index (χ2v) is 3.57. The molecular formula is C12H10N2. The number of aromatic nitrogens is 2. The van der Waals surface area contributed by atoms with Gasteiger partial charge in [0, 0.05) is 41.8 Å². The van der Waals surface area contributed by atoms with E-state index in [1.54, 1.807) is 0 Å². The van der Waals surface area contributed by atoms with Gasteiger partial charge in [-0.25, -0.2) is 0 Å². The molecule has 14 heavy (non-hydrogen) atoms. The van der Waals surface area contributed by atoms with E-state index in [4.69, 9.17) is 0 Å². The lowest BCUT2D eigenvalue weighted by molar-refractivity contribution is 0.934. The number of pyridine rings is 1. The van der Waals surface area contributed by atoms with E-state index in [1.165, 1.54) is 16.2 Å². The molecule has 0 aliphatic carbocycles. The minimum absolute atomic E-state index is 1.06. The molecule has 3 rings (SSSR count). The summed E-state index contributed by atoms with van der Waals surface area (Å²) in [5.41, 5.74) is 1.06. The molecule has 2 heterocycles. The first-order valence-electron chi connectivity index (χ1n) is 4.64.